The molecule has 56 heavy (non-hydrogen) atoms. The van der Waals surface area contributed by atoms with E-state index >= 15 is 0 Å². The first-order valence-corrected chi connectivity index (χ1v) is 22.4. The molecule has 0 bridgehead atoms. The van der Waals surface area contributed by atoms with E-state index in [0.29, 0.717) is 13.0 Å². The van der Waals surface area contributed by atoms with E-state index in [2.05, 4.69) is 118 Å². The number of carbonyl (C=O) groups is 2. The van der Waals surface area contributed by atoms with E-state index in [-0.39, 0.29) is 31.6 Å². The first-order valence-electron chi connectivity index (χ1n) is 22.4. The van der Waals surface area contributed by atoms with E-state index in [1.165, 1.54) is 38.5 Å². The van der Waals surface area contributed by atoms with Crippen LogP contribution in [0.5, 0.6) is 0 Å². The van der Waals surface area contributed by atoms with Crippen LogP contribution in [0.15, 0.2) is 109 Å². The minimum Gasteiger partial charge on any atom is -0.461 e. The first kappa shape index (κ1) is 52.6. The molecule has 0 aromatic heterocycles. The van der Waals surface area contributed by atoms with Crippen molar-refractivity contribution >= 4 is 11.9 Å². The van der Waals surface area contributed by atoms with Crippen LogP contribution in [0, 0.1) is 0 Å². The van der Waals surface area contributed by atoms with Gasteiger partial charge < -0.3 is 14.2 Å². The molecule has 0 heterocycles. The Labute approximate surface area is 344 Å². The lowest BCUT2D eigenvalue weighted by Crippen LogP contribution is -2.30. The molecule has 0 saturated carbocycles. The Hall–Kier alpha value is -3.44. The molecule has 5 nitrogen and oxygen atoms in total. The van der Waals surface area contributed by atoms with Gasteiger partial charge in [0, 0.05) is 13.0 Å². The van der Waals surface area contributed by atoms with Crippen molar-refractivity contribution in [1.29, 1.82) is 0 Å². The number of carbonyl (C=O) groups excluding carboxylic acids is 2. The lowest BCUT2D eigenvalue weighted by Gasteiger charge is -2.18. The fraction of sp³-hybridized carbons (Fsp3) is 0.608. The summed E-state index contributed by atoms with van der Waals surface area (Å²) < 4.78 is 17.2. The fourth-order valence-corrected chi connectivity index (χ4v) is 5.52. The second-order valence-electron chi connectivity index (χ2n) is 14.2. The Kier molecular flexibility index (Phi) is 43.1. The second-order valence-corrected chi connectivity index (χ2v) is 14.2. The summed E-state index contributed by atoms with van der Waals surface area (Å²) in [6.45, 7) is 7.37. The van der Waals surface area contributed by atoms with Crippen molar-refractivity contribution in [2.45, 2.75) is 181 Å². The summed E-state index contributed by atoms with van der Waals surface area (Å²) in [5, 5.41) is 0. The molecule has 0 rings (SSSR count). The number of esters is 2. The lowest BCUT2D eigenvalue weighted by molar-refractivity contribution is -0.162. The first-order chi connectivity index (χ1) is 27.6. The van der Waals surface area contributed by atoms with Gasteiger partial charge >= 0.3 is 11.9 Å². The largest absolute Gasteiger partial charge is 0.461 e. The summed E-state index contributed by atoms with van der Waals surface area (Å²) in [5.41, 5.74) is 0. The van der Waals surface area contributed by atoms with Crippen LogP contribution in [0.2, 0.25) is 0 Å². The third-order valence-corrected chi connectivity index (χ3v) is 8.81. The van der Waals surface area contributed by atoms with E-state index in [1.807, 2.05) is 12.2 Å². The number of allylic oxidation sites excluding steroid dienone is 17. The van der Waals surface area contributed by atoms with E-state index in [1.54, 1.807) is 0 Å². The van der Waals surface area contributed by atoms with Crippen LogP contribution in [-0.4, -0.2) is 37.9 Å². The quantitative estimate of drug-likeness (QED) is 0.0354. The van der Waals surface area contributed by atoms with Crippen LogP contribution in [-0.2, 0) is 23.8 Å². The summed E-state index contributed by atoms with van der Waals surface area (Å²) in [7, 11) is 0. The number of ether oxygens (including phenoxy) is 3. The van der Waals surface area contributed by atoms with Gasteiger partial charge in [0.15, 0.2) is 6.10 Å². The Balaban J connectivity index is 4.46. The van der Waals surface area contributed by atoms with Gasteiger partial charge in [-0.1, -0.05) is 175 Å². The smallest absolute Gasteiger partial charge is 0.309 e. The van der Waals surface area contributed by atoms with Crippen LogP contribution in [0.4, 0.5) is 0 Å². The molecule has 0 aromatic rings. The average molecular weight is 775 g/mol. The highest BCUT2D eigenvalue weighted by atomic mass is 16.6. The molecule has 0 aliphatic heterocycles. The lowest BCUT2D eigenvalue weighted by atomic mass is 10.1. The zero-order valence-corrected chi connectivity index (χ0v) is 36.1. The molecule has 0 aliphatic carbocycles. The highest BCUT2D eigenvalue weighted by Crippen LogP contribution is 2.11. The van der Waals surface area contributed by atoms with Crippen molar-refractivity contribution in [1.82, 2.24) is 0 Å². The third-order valence-electron chi connectivity index (χ3n) is 8.81. The van der Waals surface area contributed by atoms with Gasteiger partial charge in [0.2, 0.25) is 0 Å². The predicted octanol–water partition coefficient (Wildman–Crippen LogP) is 14.9. The maximum Gasteiger partial charge on any atom is 0.309 e. The maximum absolute atomic E-state index is 12.7. The van der Waals surface area contributed by atoms with Gasteiger partial charge in [-0.2, -0.15) is 0 Å². The SMILES string of the molecule is CC/C=C\C/C=C\C/C=C\C/C=C\C/C=C\CC(=O)OCC(COCCCCCC/C=C\C/C=C\C/C=C\CC)OC(=O)CCCCCCC/C=C\CCCC. The second kappa shape index (κ2) is 45.9. The summed E-state index contributed by atoms with van der Waals surface area (Å²) in [6.07, 6.45) is 62.6. The van der Waals surface area contributed by atoms with E-state index in [9.17, 15) is 9.59 Å². The molecule has 1 atom stereocenters. The highest BCUT2D eigenvalue weighted by molar-refractivity contribution is 5.71. The molecule has 316 valence electrons. The zero-order chi connectivity index (χ0) is 40.7. The van der Waals surface area contributed by atoms with Crippen molar-refractivity contribution in [3.05, 3.63) is 109 Å². The minimum absolute atomic E-state index is 0.0119. The number of hydrogen-bond donors (Lipinski definition) is 0. The summed E-state index contributed by atoms with van der Waals surface area (Å²) in [6, 6.07) is 0. The van der Waals surface area contributed by atoms with Gasteiger partial charge in [-0.3, -0.25) is 9.59 Å². The molecule has 5 heteroatoms. The molecule has 0 saturated heterocycles. The Bertz CT molecular complexity index is 1150. The van der Waals surface area contributed by atoms with Crippen molar-refractivity contribution < 1.29 is 23.8 Å². The van der Waals surface area contributed by atoms with Gasteiger partial charge in [-0.05, 0) is 96.3 Å². The van der Waals surface area contributed by atoms with Gasteiger partial charge in [0.1, 0.15) is 6.61 Å². The number of rotatable bonds is 39. The van der Waals surface area contributed by atoms with E-state index in [4.69, 9.17) is 14.2 Å². The molecule has 0 N–H and O–H groups in total. The summed E-state index contributed by atoms with van der Waals surface area (Å²) in [5.74, 6) is -0.579. The molecule has 0 spiro atoms. The standard InChI is InChI=1S/C51H82O5/c1-4-7-10-13-16-19-22-24-26-27-30-32-35-38-41-44-50(52)55-48-49(56-51(53)45-42-39-36-33-29-21-18-15-12-9-6-3)47-54-46-43-40-37-34-31-28-25-23-20-17-14-11-8-5-2/h7-8,10-11,15-20,24-26,28,30,32,38,41,49H,4-6,9,12-14,21-23,27,29,31,33-37,39-40,42-48H2,1-3H3/b10-7-,11-8-,18-15-,19-16-,20-17-,26-24-,28-25-,32-30-,41-38-. The maximum atomic E-state index is 12.7. The van der Waals surface area contributed by atoms with Gasteiger partial charge in [-0.15, -0.1) is 0 Å². The topological polar surface area (TPSA) is 61.8 Å². The molecular weight excluding hydrogens is 693 g/mol. The molecule has 0 fully saturated rings. The van der Waals surface area contributed by atoms with Crippen LogP contribution < -0.4 is 0 Å². The molecule has 1 unspecified atom stereocenters. The van der Waals surface area contributed by atoms with Crippen LogP contribution in [0.25, 0.3) is 0 Å². The zero-order valence-electron chi connectivity index (χ0n) is 36.1. The third kappa shape index (κ3) is 43.3. The molecular formula is C51H82O5. The molecule has 0 radical (unpaired) electrons. The minimum atomic E-state index is -0.596. The number of hydrogen-bond acceptors (Lipinski definition) is 5. The normalized spacial score (nSPS) is 13.3. The van der Waals surface area contributed by atoms with E-state index < -0.39 is 6.10 Å². The average Bonchev–Trinajstić information content (AvgIpc) is 3.20. The Morgan fingerprint density at radius 3 is 1.39 bits per heavy atom. The van der Waals surface area contributed by atoms with Gasteiger partial charge in [0.25, 0.3) is 0 Å². The van der Waals surface area contributed by atoms with Crippen LogP contribution in [0.3, 0.4) is 0 Å². The van der Waals surface area contributed by atoms with Crippen molar-refractivity contribution in [2.75, 3.05) is 19.8 Å². The number of unbranched alkanes of at least 4 members (excludes halogenated alkanes) is 11. The highest BCUT2D eigenvalue weighted by Gasteiger charge is 2.17. The fourth-order valence-electron chi connectivity index (χ4n) is 5.52. The van der Waals surface area contributed by atoms with Crippen molar-refractivity contribution in [2.24, 2.45) is 0 Å². The molecule has 0 amide bonds. The monoisotopic (exact) mass is 775 g/mol. The van der Waals surface area contributed by atoms with Crippen molar-refractivity contribution in [3.8, 4) is 0 Å². The Morgan fingerprint density at radius 2 is 0.857 bits per heavy atom. The van der Waals surface area contributed by atoms with Gasteiger partial charge in [-0.25, -0.2) is 0 Å². The summed E-state index contributed by atoms with van der Waals surface area (Å²) in [4.78, 5) is 25.2. The predicted molar refractivity (Wildman–Crippen MR) is 242 cm³/mol. The van der Waals surface area contributed by atoms with E-state index in [0.717, 1.165) is 103 Å². The molecule has 0 aromatic carbocycles. The van der Waals surface area contributed by atoms with Gasteiger partial charge in [0.05, 0.1) is 13.0 Å². The van der Waals surface area contributed by atoms with Crippen LogP contribution in [0.1, 0.15) is 175 Å². The Morgan fingerprint density at radius 1 is 0.429 bits per heavy atom. The summed E-state index contributed by atoms with van der Waals surface area (Å²) >= 11 is 0. The van der Waals surface area contributed by atoms with Crippen LogP contribution >= 0.6 is 0 Å². The van der Waals surface area contributed by atoms with Crippen molar-refractivity contribution in [3.63, 3.8) is 0 Å². The molecule has 0 aliphatic rings.